The maximum atomic E-state index is 11.8. The van der Waals surface area contributed by atoms with Crippen LogP contribution in [0.4, 0.5) is 0 Å². The first-order valence-corrected chi connectivity index (χ1v) is 10.1. The highest BCUT2D eigenvalue weighted by molar-refractivity contribution is 5.70. The van der Waals surface area contributed by atoms with Gasteiger partial charge in [0.25, 0.3) is 0 Å². The standard InChI is InChI=1S/C20H30O12/c1-7-26-16(25)8-10(2)28-20-19(31-14(6)24)18(30-13(5)23)17(29-12(4)22)15(32-20)9-27-11(3)21/h10,15,17-20H,7-9H2,1-6H3/t10?,15-,17-,18+,19+,20+/m1/s1. The van der Waals surface area contributed by atoms with Crippen molar-refractivity contribution in [3.05, 3.63) is 0 Å². The van der Waals surface area contributed by atoms with E-state index in [1.807, 2.05) is 0 Å². The Morgan fingerprint density at radius 1 is 0.781 bits per heavy atom. The van der Waals surface area contributed by atoms with Gasteiger partial charge in [-0.15, -0.1) is 0 Å². The Morgan fingerprint density at radius 3 is 1.81 bits per heavy atom. The first kappa shape index (κ1) is 27.3. The molecule has 1 unspecified atom stereocenters. The first-order valence-electron chi connectivity index (χ1n) is 10.1. The van der Waals surface area contributed by atoms with Gasteiger partial charge in [-0.25, -0.2) is 0 Å². The molecule has 0 aliphatic carbocycles. The molecule has 12 heteroatoms. The van der Waals surface area contributed by atoms with Gasteiger partial charge in [0.1, 0.15) is 12.7 Å². The summed E-state index contributed by atoms with van der Waals surface area (Å²) in [6, 6.07) is 0. The van der Waals surface area contributed by atoms with E-state index in [0.717, 1.165) is 20.8 Å². The van der Waals surface area contributed by atoms with Crippen molar-refractivity contribution in [1.29, 1.82) is 0 Å². The van der Waals surface area contributed by atoms with Crippen molar-refractivity contribution in [3.8, 4) is 0 Å². The number of carbonyl (C=O) groups is 5. The molecule has 0 aromatic heterocycles. The molecule has 1 heterocycles. The lowest BCUT2D eigenvalue weighted by atomic mass is 9.98. The van der Waals surface area contributed by atoms with Gasteiger partial charge in [0.2, 0.25) is 0 Å². The van der Waals surface area contributed by atoms with Gasteiger partial charge in [0, 0.05) is 27.7 Å². The van der Waals surface area contributed by atoms with Crippen LogP contribution in [0.2, 0.25) is 0 Å². The zero-order valence-electron chi connectivity index (χ0n) is 19.0. The van der Waals surface area contributed by atoms with Gasteiger partial charge in [0.05, 0.1) is 19.1 Å². The average Bonchev–Trinajstić information content (AvgIpc) is 2.63. The van der Waals surface area contributed by atoms with Gasteiger partial charge in [-0.2, -0.15) is 0 Å². The molecule has 182 valence electrons. The second-order valence-electron chi connectivity index (χ2n) is 7.02. The third-order valence-electron chi connectivity index (χ3n) is 4.07. The smallest absolute Gasteiger partial charge is 0.308 e. The van der Waals surface area contributed by atoms with E-state index in [1.54, 1.807) is 13.8 Å². The lowest BCUT2D eigenvalue weighted by Crippen LogP contribution is -2.63. The number of esters is 5. The molecule has 0 saturated carbocycles. The number of rotatable bonds is 10. The Balaban J connectivity index is 3.26. The van der Waals surface area contributed by atoms with Gasteiger partial charge in [-0.05, 0) is 13.8 Å². The van der Waals surface area contributed by atoms with Gasteiger partial charge >= 0.3 is 29.8 Å². The highest BCUT2D eigenvalue weighted by Gasteiger charge is 2.53. The molecular formula is C20H30O12. The number of carbonyl (C=O) groups excluding carboxylic acids is 5. The van der Waals surface area contributed by atoms with E-state index in [9.17, 15) is 24.0 Å². The molecule has 0 amide bonds. The fourth-order valence-electron chi connectivity index (χ4n) is 3.03. The maximum Gasteiger partial charge on any atom is 0.308 e. The van der Waals surface area contributed by atoms with E-state index < -0.39 is 66.7 Å². The molecule has 1 aliphatic heterocycles. The molecule has 1 aliphatic rings. The summed E-state index contributed by atoms with van der Waals surface area (Å²) in [6.45, 7) is 7.56. The summed E-state index contributed by atoms with van der Waals surface area (Å²) in [5, 5.41) is 0. The molecule has 0 aromatic carbocycles. The summed E-state index contributed by atoms with van der Waals surface area (Å²) < 4.78 is 37.2. The molecule has 1 rings (SSSR count). The van der Waals surface area contributed by atoms with Crippen LogP contribution in [0.3, 0.4) is 0 Å². The van der Waals surface area contributed by atoms with Crippen LogP contribution in [-0.2, 0) is 57.1 Å². The van der Waals surface area contributed by atoms with E-state index in [4.69, 9.17) is 33.2 Å². The largest absolute Gasteiger partial charge is 0.466 e. The second-order valence-corrected chi connectivity index (χ2v) is 7.02. The van der Waals surface area contributed by atoms with Crippen LogP contribution in [0, 0.1) is 0 Å². The molecule has 0 radical (unpaired) electrons. The van der Waals surface area contributed by atoms with E-state index >= 15 is 0 Å². The molecule has 0 aromatic rings. The van der Waals surface area contributed by atoms with Crippen LogP contribution < -0.4 is 0 Å². The third kappa shape index (κ3) is 9.18. The quantitative estimate of drug-likeness (QED) is 0.327. The Labute approximate surface area is 185 Å². The third-order valence-corrected chi connectivity index (χ3v) is 4.07. The normalized spacial score (nSPS) is 25.8. The van der Waals surface area contributed by atoms with E-state index in [1.165, 1.54) is 6.92 Å². The van der Waals surface area contributed by atoms with Crippen LogP contribution in [0.15, 0.2) is 0 Å². The first-order chi connectivity index (χ1) is 14.9. The molecule has 0 N–H and O–H groups in total. The van der Waals surface area contributed by atoms with Crippen LogP contribution in [0.5, 0.6) is 0 Å². The van der Waals surface area contributed by atoms with Crippen LogP contribution in [0.25, 0.3) is 0 Å². The zero-order chi connectivity index (χ0) is 24.4. The molecule has 12 nitrogen and oxygen atoms in total. The number of hydrogen-bond donors (Lipinski definition) is 0. The summed E-state index contributed by atoms with van der Waals surface area (Å²) >= 11 is 0. The van der Waals surface area contributed by atoms with Crippen molar-refractivity contribution in [1.82, 2.24) is 0 Å². The summed E-state index contributed by atoms with van der Waals surface area (Å²) in [5.41, 5.74) is 0. The molecule has 0 bridgehead atoms. The van der Waals surface area contributed by atoms with Gasteiger partial charge in [0.15, 0.2) is 24.6 Å². The summed E-state index contributed by atoms with van der Waals surface area (Å²) in [5.74, 6) is -3.39. The van der Waals surface area contributed by atoms with Crippen LogP contribution in [-0.4, -0.2) is 79.9 Å². The van der Waals surface area contributed by atoms with Gasteiger partial charge < -0.3 is 33.2 Å². The van der Waals surface area contributed by atoms with Crippen molar-refractivity contribution in [2.24, 2.45) is 0 Å². The van der Waals surface area contributed by atoms with E-state index in [2.05, 4.69) is 0 Å². The molecule has 1 saturated heterocycles. The topological polar surface area (TPSA) is 150 Å². The summed E-state index contributed by atoms with van der Waals surface area (Å²) in [7, 11) is 0. The fourth-order valence-corrected chi connectivity index (χ4v) is 3.03. The minimum absolute atomic E-state index is 0.138. The highest BCUT2D eigenvalue weighted by Crippen LogP contribution is 2.30. The highest BCUT2D eigenvalue weighted by atomic mass is 16.7. The molecule has 0 spiro atoms. The fraction of sp³-hybridized carbons (Fsp3) is 0.750. The van der Waals surface area contributed by atoms with Crippen LogP contribution in [0.1, 0.15) is 48.0 Å². The second kappa shape index (κ2) is 13.0. The summed E-state index contributed by atoms with van der Waals surface area (Å²) in [4.78, 5) is 58.3. The maximum absolute atomic E-state index is 11.8. The molecule has 1 fully saturated rings. The minimum Gasteiger partial charge on any atom is -0.466 e. The van der Waals surface area contributed by atoms with Crippen molar-refractivity contribution in [3.63, 3.8) is 0 Å². The minimum atomic E-state index is -1.35. The van der Waals surface area contributed by atoms with Gasteiger partial charge in [-0.3, -0.25) is 24.0 Å². The van der Waals surface area contributed by atoms with Gasteiger partial charge in [-0.1, -0.05) is 0 Å². The predicted octanol–water partition coefficient (Wildman–Crippen LogP) is 0.428. The lowest BCUT2D eigenvalue weighted by Gasteiger charge is -2.44. The van der Waals surface area contributed by atoms with E-state index in [-0.39, 0.29) is 19.6 Å². The van der Waals surface area contributed by atoms with Crippen LogP contribution >= 0.6 is 0 Å². The lowest BCUT2D eigenvalue weighted by molar-refractivity contribution is -0.315. The average molecular weight is 462 g/mol. The summed E-state index contributed by atoms with van der Waals surface area (Å²) in [6.07, 6.45) is -7.33. The predicted molar refractivity (Wildman–Crippen MR) is 104 cm³/mol. The molecule has 6 atom stereocenters. The van der Waals surface area contributed by atoms with Crippen molar-refractivity contribution < 1.29 is 57.1 Å². The Morgan fingerprint density at radius 2 is 1.31 bits per heavy atom. The van der Waals surface area contributed by atoms with Crippen molar-refractivity contribution >= 4 is 29.8 Å². The van der Waals surface area contributed by atoms with Crippen molar-refractivity contribution in [2.75, 3.05) is 13.2 Å². The monoisotopic (exact) mass is 462 g/mol. The molecule has 32 heavy (non-hydrogen) atoms. The Hall–Kier alpha value is -2.73. The Bertz CT molecular complexity index is 690. The van der Waals surface area contributed by atoms with Crippen molar-refractivity contribution in [2.45, 2.75) is 84.8 Å². The number of ether oxygens (including phenoxy) is 7. The molecular weight excluding hydrogens is 432 g/mol. The van der Waals surface area contributed by atoms with E-state index in [0.29, 0.717) is 0 Å². The SMILES string of the molecule is CCOC(=O)CC(C)O[C@H]1O[C@H](COC(C)=O)[C@@H](OC(C)=O)[C@H](OC(C)=O)[C@@H]1OC(C)=O. The Kier molecular flexibility index (Phi) is 11.1. The zero-order valence-corrected chi connectivity index (χ0v) is 19.0. The number of hydrogen-bond acceptors (Lipinski definition) is 12.